The van der Waals surface area contributed by atoms with Gasteiger partial charge < -0.3 is 10.6 Å². The summed E-state index contributed by atoms with van der Waals surface area (Å²) < 4.78 is 0.793. The quantitative estimate of drug-likeness (QED) is 0.877. The molecule has 0 spiro atoms. The van der Waals surface area contributed by atoms with Crippen LogP contribution in [0.4, 0.5) is 11.6 Å². The van der Waals surface area contributed by atoms with Gasteiger partial charge in [0.05, 0.1) is 0 Å². The molecule has 2 aromatic rings. The van der Waals surface area contributed by atoms with Crippen molar-refractivity contribution in [2.24, 2.45) is 0 Å². The van der Waals surface area contributed by atoms with Crippen LogP contribution in [0.25, 0.3) is 0 Å². The first-order valence-electron chi connectivity index (χ1n) is 6.33. The Bertz CT molecular complexity index is 573. The molecule has 1 aromatic carbocycles. The van der Waals surface area contributed by atoms with Crippen LogP contribution in [0.5, 0.6) is 0 Å². The lowest BCUT2D eigenvalue weighted by Gasteiger charge is -2.22. The molecule has 5 heteroatoms. The summed E-state index contributed by atoms with van der Waals surface area (Å²) in [7, 11) is 0. The van der Waals surface area contributed by atoms with Crippen LogP contribution in [0.15, 0.2) is 35.1 Å². The highest BCUT2D eigenvalue weighted by Crippen LogP contribution is 2.29. The molecule has 0 fully saturated rings. The van der Waals surface area contributed by atoms with E-state index < -0.39 is 0 Å². The van der Waals surface area contributed by atoms with E-state index in [0.717, 1.165) is 36.2 Å². The molecule has 19 heavy (non-hydrogen) atoms. The van der Waals surface area contributed by atoms with Crippen molar-refractivity contribution >= 4 is 27.6 Å². The van der Waals surface area contributed by atoms with Crippen LogP contribution in [-0.2, 0) is 12.8 Å². The summed E-state index contributed by atoms with van der Waals surface area (Å²) in [6.45, 7) is 1.90. The van der Waals surface area contributed by atoms with Gasteiger partial charge in [0.25, 0.3) is 0 Å². The van der Waals surface area contributed by atoms with Crippen LogP contribution >= 0.6 is 15.9 Å². The van der Waals surface area contributed by atoms with Crippen LogP contribution in [-0.4, -0.2) is 23.1 Å². The highest BCUT2D eigenvalue weighted by atomic mass is 79.9. The molecule has 98 valence electrons. The van der Waals surface area contributed by atoms with Gasteiger partial charge in [-0.1, -0.05) is 24.3 Å². The number of nitrogens with zero attached hydrogens (tertiary/aromatic N) is 3. The second kappa shape index (κ2) is 5.17. The monoisotopic (exact) mass is 318 g/mol. The van der Waals surface area contributed by atoms with Crippen molar-refractivity contribution in [2.75, 3.05) is 23.7 Å². The van der Waals surface area contributed by atoms with E-state index in [2.05, 4.69) is 55.1 Å². The summed E-state index contributed by atoms with van der Waals surface area (Å²) in [5.41, 5.74) is 8.69. The molecule has 0 amide bonds. The minimum atomic E-state index is 0.492. The zero-order chi connectivity index (χ0) is 13.2. The maximum Gasteiger partial charge on any atom is 0.148 e. The van der Waals surface area contributed by atoms with Gasteiger partial charge in [-0.05, 0) is 39.9 Å². The van der Waals surface area contributed by atoms with Gasteiger partial charge in [-0.2, -0.15) is 0 Å². The average molecular weight is 319 g/mol. The van der Waals surface area contributed by atoms with Crippen LogP contribution in [0.1, 0.15) is 11.1 Å². The molecule has 3 rings (SSSR count). The highest BCUT2D eigenvalue weighted by molar-refractivity contribution is 9.10. The first-order chi connectivity index (χ1) is 9.25. The molecule has 0 atom stereocenters. The molecule has 1 aliphatic heterocycles. The maximum absolute atomic E-state index is 5.83. The summed E-state index contributed by atoms with van der Waals surface area (Å²) in [6.07, 6.45) is 3.59. The van der Waals surface area contributed by atoms with Gasteiger partial charge in [0.15, 0.2) is 0 Å². The molecule has 0 bridgehead atoms. The Balaban J connectivity index is 1.88. The molecule has 2 heterocycles. The molecule has 0 aliphatic carbocycles. The topological polar surface area (TPSA) is 55.0 Å². The van der Waals surface area contributed by atoms with E-state index in [4.69, 9.17) is 5.73 Å². The molecule has 4 nitrogen and oxygen atoms in total. The molecule has 0 saturated carbocycles. The third kappa shape index (κ3) is 2.42. The summed E-state index contributed by atoms with van der Waals surface area (Å²) in [5.74, 6) is 1.38. The minimum absolute atomic E-state index is 0.492. The Labute approximate surface area is 120 Å². The van der Waals surface area contributed by atoms with E-state index >= 15 is 0 Å². The largest absolute Gasteiger partial charge is 0.383 e. The SMILES string of the molecule is Nc1ncnc(N2CCc3ccccc3CC2)c1Br. The Hall–Kier alpha value is -1.62. The summed E-state index contributed by atoms with van der Waals surface area (Å²) in [6, 6.07) is 8.63. The van der Waals surface area contributed by atoms with E-state index in [1.807, 2.05) is 0 Å². The van der Waals surface area contributed by atoms with Gasteiger partial charge >= 0.3 is 0 Å². The molecular formula is C14H15BrN4. The lowest BCUT2D eigenvalue weighted by molar-refractivity contribution is 0.786. The first-order valence-corrected chi connectivity index (χ1v) is 7.12. The fraction of sp³-hybridized carbons (Fsp3) is 0.286. The van der Waals surface area contributed by atoms with E-state index in [1.54, 1.807) is 0 Å². The molecule has 1 aromatic heterocycles. The predicted octanol–water partition coefficient (Wildman–Crippen LogP) is 2.43. The lowest BCUT2D eigenvalue weighted by atomic mass is 10.0. The highest BCUT2D eigenvalue weighted by Gasteiger charge is 2.18. The Morgan fingerprint density at radius 1 is 1.05 bits per heavy atom. The number of halogens is 1. The zero-order valence-electron chi connectivity index (χ0n) is 10.5. The van der Waals surface area contributed by atoms with E-state index in [-0.39, 0.29) is 0 Å². The second-order valence-electron chi connectivity index (χ2n) is 4.65. The molecule has 0 unspecified atom stereocenters. The maximum atomic E-state index is 5.83. The fourth-order valence-corrected chi connectivity index (χ4v) is 2.93. The second-order valence-corrected chi connectivity index (χ2v) is 5.45. The summed E-state index contributed by atoms with van der Waals surface area (Å²) in [4.78, 5) is 10.6. The fourth-order valence-electron chi connectivity index (χ4n) is 2.47. The summed E-state index contributed by atoms with van der Waals surface area (Å²) >= 11 is 3.48. The third-order valence-electron chi connectivity index (χ3n) is 3.52. The molecule has 1 aliphatic rings. The number of fused-ring (bicyclic) bond motifs is 1. The minimum Gasteiger partial charge on any atom is -0.383 e. The van der Waals surface area contributed by atoms with Crippen molar-refractivity contribution in [1.82, 2.24) is 9.97 Å². The number of rotatable bonds is 1. The van der Waals surface area contributed by atoms with Crippen LogP contribution in [0.3, 0.4) is 0 Å². The number of hydrogen-bond donors (Lipinski definition) is 1. The van der Waals surface area contributed by atoms with Crippen LogP contribution in [0, 0.1) is 0 Å². The van der Waals surface area contributed by atoms with Gasteiger partial charge in [0.1, 0.15) is 22.4 Å². The standard InChI is InChI=1S/C14H15BrN4/c15-12-13(16)17-9-18-14(12)19-7-5-10-3-1-2-4-11(10)6-8-19/h1-4,9H,5-8H2,(H2,16,17,18). The molecule has 0 saturated heterocycles. The average Bonchev–Trinajstić information content (AvgIpc) is 2.65. The number of hydrogen-bond acceptors (Lipinski definition) is 4. The number of aromatic nitrogens is 2. The van der Waals surface area contributed by atoms with Crippen LogP contribution < -0.4 is 10.6 Å². The van der Waals surface area contributed by atoms with Crippen molar-refractivity contribution in [3.05, 3.63) is 46.2 Å². The van der Waals surface area contributed by atoms with E-state index in [9.17, 15) is 0 Å². The first kappa shape index (κ1) is 12.4. The normalized spacial score (nSPS) is 14.9. The zero-order valence-corrected chi connectivity index (χ0v) is 12.1. The summed E-state index contributed by atoms with van der Waals surface area (Å²) in [5, 5.41) is 0. The molecule has 0 radical (unpaired) electrons. The number of nitrogens with two attached hydrogens (primary N) is 1. The van der Waals surface area contributed by atoms with Crippen molar-refractivity contribution in [3.63, 3.8) is 0 Å². The van der Waals surface area contributed by atoms with Gasteiger partial charge in [0, 0.05) is 13.1 Å². The van der Waals surface area contributed by atoms with Gasteiger partial charge in [0.2, 0.25) is 0 Å². The van der Waals surface area contributed by atoms with E-state index in [1.165, 1.54) is 17.5 Å². The van der Waals surface area contributed by atoms with E-state index in [0.29, 0.717) is 5.82 Å². The lowest BCUT2D eigenvalue weighted by Crippen LogP contribution is -2.27. The Morgan fingerprint density at radius 2 is 1.68 bits per heavy atom. The third-order valence-corrected chi connectivity index (χ3v) is 4.28. The van der Waals surface area contributed by atoms with Gasteiger partial charge in [-0.3, -0.25) is 0 Å². The number of benzene rings is 1. The Kier molecular flexibility index (Phi) is 3.38. The predicted molar refractivity (Wildman–Crippen MR) is 80.2 cm³/mol. The number of anilines is 2. The van der Waals surface area contributed by atoms with Crippen molar-refractivity contribution < 1.29 is 0 Å². The van der Waals surface area contributed by atoms with Gasteiger partial charge in [-0.15, -0.1) is 0 Å². The molecule has 2 N–H and O–H groups in total. The van der Waals surface area contributed by atoms with Gasteiger partial charge in [-0.25, -0.2) is 9.97 Å². The number of nitrogen functional groups attached to an aromatic ring is 1. The molecular weight excluding hydrogens is 304 g/mol. The van der Waals surface area contributed by atoms with Crippen LogP contribution in [0.2, 0.25) is 0 Å². The van der Waals surface area contributed by atoms with Crippen molar-refractivity contribution in [1.29, 1.82) is 0 Å². The Morgan fingerprint density at radius 3 is 2.32 bits per heavy atom. The van der Waals surface area contributed by atoms with Crippen molar-refractivity contribution in [3.8, 4) is 0 Å². The smallest absolute Gasteiger partial charge is 0.148 e. The van der Waals surface area contributed by atoms with Crippen molar-refractivity contribution in [2.45, 2.75) is 12.8 Å².